The number of nitrogens with one attached hydrogen (secondary N) is 3. The molecule has 4 aromatic carbocycles. The van der Waals surface area contributed by atoms with Gasteiger partial charge in [0.1, 0.15) is 5.75 Å². The van der Waals surface area contributed by atoms with Crippen LogP contribution >= 0.6 is 0 Å². The average molecular weight is 551 g/mol. The molecule has 0 spiro atoms. The molecule has 0 radical (unpaired) electrons. The Kier molecular flexibility index (Phi) is 11.5. The van der Waals surface area contributed by atoms with Gasteiger partial charge in [0.15, 0.2) is 0 Å². The van der Waals surface area contributed by atoms with Crippen LogP contribution in [-0.4, -0.2) is 5.11 Å². The molecule has 0 aliphatic rings. The van der Waals surface area contributed by atoms with Gasteiger partial charge in [-0.2, -0.15) is 0 Å². The van der Waals surface area contributed by atoms with Crippen LogP contribution in [-0.2, 0) is 58.7 Å². The summed E-state index contributed by atoms with van der Waals surface area (Å²) in [6, 6.07) is 27.9. The normalized spacial score (nSPS) is 11.2. The van der Waals surface area contributed by atoms with E-state index in [1.807, 2.05) is 12.1 Å². The van der Waals surface area contributed by atoms with Crippen molar-refractivity contribution >= 4 is 0 Å². The molecule has 6 N–H and O–H groups in total. The first-order valence-corrected chi connectivity index (χ1v) is 14.9. The molecule has 0 bridgehead atoms. The van der Waals surface area contributed by atoms with Crippen molar-refractivity contribution in [1.29, 1.82) is 0 Å². The minimum absolute atomic E-state index is 0.375. The molecule has 5 heteroatoms. The molecule has 0 aliphatic heterocycles. The molecule has 0 unspecified atom stereocenters. The highest BCUT2D eigenvalue weighted by atomic mass is 16.3. The first kappa shape index (κ1) is 30.5. The molecule has 4 rings (SSSR count). The number of benzene rings is 4. The molecule has 0 saturated carbocycles. The standard InChI is InChI=1S/C36H46N4O/c1-4-27-9-6-12-30(15-27)20-38-23-33-18-34(24-39-21-31-13-7-10-28(5-2)16-31)36(41)35(26(33)3)25-40-22-32-14-8-11-29(17-32)19-37/h6-18,38-41H,4-5,19-25,37H2,1-3H3. The molecule has 0 aliphatic carbocycles. The number of aryl methyl sites for hydroxylation is 2. The van der Waals surface area contributed by atoms with Crippen molar-refractivity contribution in [2.75, 3.05) is 0 Å². The van der Waals surface area contributed by atoms with E-state index in [0.29, 0.717) is 31.9 Å². The van der Waals surface area contributed by atoms with Crippen LogP contribution in [0.2, 0.25) is 0 Å². The molecule has 41 heavy (non-hydrogen) atoms. The maximum atomic E-state index is 11.4. The lowest BCUT2D eigenvalue weighted by molar-refractivity contribution is 0.452. The summed E-state index contributed by atoms with van der Waals surface area (Å²) in [4.78, 5) is 0. The minimum Gasteiger partial charge on any atom is -0.507 e. The number of hydrogen-bond donors (Lipinski definition) is 5. The van der Waals surface area contributed by atoms with Crippen LogP contribution in [0.15, 0.2) is 78.9 Å². The predicted molar refractivity (Wildman–Crippen MR) is 170 cm³/mol. The highest BCUT2D eigenvalue weighted by Gasteiger charge is 2.15. The summed E-state index contributed by atoms with van der Waals surface area (Å²) in [5, 5.41) is 22.1. The van der Waals surface area contributed by atoms with Gasteiger partial charge < -0.3 is 26.8 Å². The van der Waals surface area contributed by atoms with Crippen LogP contribution in [0.1, 0.15) is 69.5 Å². The lowest BCUT2D eigenvalue weighted by atomic mass is 9.96. The third kappa shape index (κ3) is 8.75. The predicted octanol–water partition coefficient (Wildman–Crippen LogP) is 6.15. The van der Waals surface area contributed by atoms with Crippen LogP contribution in [0, 0.1) is 6.92 Å². The van der Waals surface area contributed by atoms with E-state index in [1.54, 1.807) is 0 Å². The maximum absolute atomic E-state index is 11.4. The van der Waals surface area contributed by atoms with E-state index in [2.05, 4.69) is 103 Å². The molecule has 0 atom stereocenters. The van der Waals surface area contributed by atoms with Gasteiger partial charge in [-0.05, 0) is 70.3 Å². The van der Waals surface area contributed by atoms with Crippen LogP contribution in [0.5, 0.6) is 5.75 Å². The molecule has 0 heterocycles. The van der Waals surface area contributed by atoms with Gasteiger partial charge in [-0.15, -0.1) is 0 Å². The van der Waals surface area contributed by atoms with E-state index in [9.17, 15) is 5.11 Å². The Hall–Kier alpha value is -3.48. The molecule has 0 fully saturated rings. The number of hydrogen-bond acceptors (Lipinski definition) is 5. The third-order valence-corrected chi connectivity index (χ3v) is 7.82. The van der Waals surface area contributed by atoms with Crippen molar-refractivity contribution < 1.29 is 5.11 Å². The van der Waals surface area contributed by atoms with Crippen LogP contribution < -0.4 is 21.7 Å². The molecule has 5 nitrogen and oxygen atoms in total. The fraction of sp³-hybridized carbons (Fsp3) is 0.333. The van der Waals surface area contributed by atoms with Crippen molar-refractivity contribution in [1.82, 2.24) is 16.0 Å². The van der Waals surface area contributed by atoms with E-state index in [0.717, 1.165) is 54.7 Å². The highest BCUT2D eigenvalue weighted by molar-refractivity contribution is 5.49. The molecule has 4 aromatic rings. The largest absolute Gasteiger partial charge is 0.507 e. The summed E-state index contributed by atoms with van der Waals surface area (Å²) < 4.78 is 0. The van der Waals surface area contributed by atoms with Gasteiger partial charge in [0.05, 0.1) is 0 Å². The van der Waals surface area contributed by atoms with Crippen molar-refractivity contribution in [3.05, 3.63) is 134 Å². The summed E-state index contributed by atoms with van der Waals surface area (Å²) >= 11 is 0. The SMILES string of the molecule is CCc1cccc(CNCc2cc(CNCc3cccc(CC)c3)c(O)c(CNCc3cccc(CN)c3)c2C)c1. The van der Waals surface area contributed by atoms with Gasteiger partial charge in [0, 0.05) is 56.9 Å². The topological polar surface area (TPSA) is 82.3 Å². The minimum atomic E-state index is 0.375. The van der Waals surface area contributed by atoms with E-state index >= 15 is 0 Å². The molecule has 0 aromatic heterocycles. The van der Waals surface area contributed by atoms with E-state index in [-0.39, 0.29) is 0 Å². The first-order valence-electron chi connectivity index (χ1n) is 14.9. The van der Waals surface area contributed by atoms with E-state index < -0.39 is 0 Å². The number of phenols is 1. The Balaban J connectivity index is 1.49. The van der Waals surface area contributed by atoms with Crippen LogP contribution in [0.4, 0.5) is 0 Å². The van der Waals surface area contributed by atoms with Gasteiger partial charge in [-0.25, -0.2) is 0 Å². The Morgan fingerprint density at radius 3 is 1.51 bits per heavy atom. The summed E-state index contributed by atoms with van der Waals surface area (Å²) in [6.45, 7) is 11.2. The molecule has 0 saturated heterocycles. The molecular formula is C36H46N4O. The van der Waals surface area contributed by atoms with Crippen molar-refractivity contribution in [2.45, 2.75) is 79.4 Å². The third-order valence-electron chi connectivity index (χ3n) is 7.82. The smallest absolute Gasteiger partial charge is 0.124 e. The van der Waals surface area contributed by atoms with Gasteiger partial charge in [-0.1, -0.05) is 86.6 Å². The van der Waals surface area contributed by atoms with Crippen LogP contribution in [0.3, 0.4) is 0 Å². The molecular weight excluding hydrogens is 504 g/mol. The first-order chi connectivity index (χ1) is 20.0. The summed E-state index contributed by atoms with van der Waals surface area (Å²) in [5.74, 6) is 0.375. The van der Waals surface area contributed by atoms with Gasteiger partial charge in [0.2, 0.25) is 0 Å². The summed E-state index contributed by atoms with van der Waals surface area (Å²) in [5.41, 5.74) is 17.6. The van der Waals surface area contributed by atoms with Gasteiger partial charge >= 0.3 is 0 Å². The Labute approximate surface area is 246 Å². The fourth-order valence-electron chi connectivity index (χ4n) is 5.29. The fourth-order valence-corrected chi connectivity index (χ4v) is 5.29. The van der Waals surface area contributed by atoms with E-state index in [4.69, 9.17) is 5.73 Å². The number of aromatic hydroxyl groups is 1. The zero-order chi connectivity index (χ0) is 29.0. The van der Waals surface area contributed by atoms with Gasteiger partial charge in [0.25, 0.3) is 0 Å². The maximum Gasteiger partial charge on any atom is 0.124 e. The summed E-state index contributed by atoms with van der Waals surface area (Å²) in [6.07, 6.45) is 2.06. The second kappa shape index (κ2) is 15.5. The molecule has 216 valence electrons. The average Bonchev–Trinajstić information content (AvgIpc) is 3.01. The van der Waals surface area contributed by atoms with E-state index in [1.165, 1.54) is 33.4 Å². The van der Waals surface area contributed by atoms with Crippen molar-refractivity contribution in [3.8, 4) is 5.75 Å². The Morgan fingerprint density at radius 1 is 0.561 bits per heavy atom. The number of phenolic OH excluding ortho intramolecular Hbond substituents is 1. The lowest BCUT2D eigenvalue weighted by Gasteiger charge is -2.19. The monoisotopic (exact) mass is 550 g/mol. The zero-order valence-corrected chi connectivity index (χ0v) is 24.9. The van der Waals surface area contributed by atoms with Crippen LogP contribution in [0.25, 0.3) is 0 Å². The second-order valence-electron chi connectivity index (χ2n) is 10.8. The molecule has 0 amide bonds. The number of rotatable bonds is 15. The Morgan fingerprint density at radius 2 is 1.00 bits per heavy atom. The highest BCUT2D eigenvalue weighted by Crippen LogP contribution is 2.29. The quantitative estimate of drug-likeness (QED) is 0.123. The Bertz CT molecular complexity index is 1340. The van der Waals surface area contributed by atoms with Crippen molar-refractivity contribution in [3.63, 3.8) is 0 Å². The van der Waals surface area contributed by atoms with Gasteiger partial charge in [-0.3, -0.25) is 0 Å². The second-order valence-corrected chi connectivity index (χ2v) is 10.8. The number of nitrogens with two attached hydrogens (primary N) is 1. The van der Waals surface area contributed by atoms with Crippen molar-refractivity contribution in [2.24, 2.45) is 5.73 Å². The zero-order valence-electron chi connectivity index (χ0n) is 24.9. The summed E-state index contributed by atoms with van der Waals surface area (Å²) in [7, 11) is 0. The lowest BCUT2D eigenvalue weighted by Crippen LogP contribution is -2.19.